The highest BCUT2D eigenvalue weighted by Gasteiger charge is 2.33. The molecule has 5 heterocycles. The second-order valence-electron chi connectivity index (χ2n) is 12.1. The van der Waals surface area contributed by atoms with Gasteiger partial charge in [-0.25, -0.2) is 14.4 Å². The number of carbonyl (C=O) groups excluding carboxylic acids is 1. The van der Waals surface area contributed by atoms with Gasteiger partial charge in [0.05, 0.1) is 49.9 Å². The Morgan fingerprint density at radius 1 is 1.09 bits per heavy atom. The number of likely N-dealkylation sites (tertiary alicyclic amines) is 1. The summed E-state index contributed by atoms with van der Waals surface area (Å²) in [5.74, 6) is 0.540. The maximum absolute atomic E-state index is 14.9. The molecule has 1 amide bonds. The number of fused-ring (bicyclic) bond motifs is 1. The zero-order valence-corrected chi connectivity index (χ0v) is 26.1. The van der Waals surface area contributed by atoms with E-state index in [1.54, 1.807) is 25.3 Å². The van der Waals surface area contributed by atoms with Gasteiger partial charge in [0.25, 0.3) is 0 Å². The third-order valence-electron chi connectivity index (χ3n) is 9.33. The molecule has 244 valence electrons. The lowest BCUT2D eigenvalue weighted by molar-refractivity contribution is -0.138. The van der Waals surface area contributed by atoms with Crippen molar-refractivity contribution in [3.63, 3.8) is 0 Å². The third-order valence-corrected chi connectivity index (χ3v) is 9.33. The van der Waals surface area contributed by atoms with E-state index in [-0.39, 0.29) is 30.8 Å². The number of aromatic amines is 1. The molecule has 7 rings (SSSR count). The molecule has 3 aliphatic heterocycles. The van der Waals surface area contributed by atoms with Gasteiger partial charge in [-0.3, -0.25) is 9.69 Å². The summed E-state index contributed by atoms with van der Waals surface area (Å²) in [6.45, 7) is 4.92. The Labute approximate surface area is 271 Å². The number of nitrogens with zero attached hydrogens (tertiary/aromatic N) is 6. The SMILES string of the molecule is COc1cc(-c2cc3c(-c4ccc(OC5CCN(C(=O)CO)CC5F)c(C#N)c4)ncnc3[nH]2)ccc1N1CCN(C2COC2)CC1. The van der Waals surface area contributed by atoms with E-state index in [0.29, 0.717) is 22.9 Å². The predicted octanol–water partition coefficient (Wildman–Crippen LogP) is 3.00. The van der Waals surface area contributed by atoms with E-state index in [1.807, 2.05) is 12.1 Å². The number of alkyl halides is 1. The van der Waals surface area contributed by atoms with Gasteiger partial charge in [-0.05, 0) is 36.4 Å². The van der Waals surface area contributed by atoms with Crippen LogP contribution in [0.3, 0.4) is 0 Å². The van der Waals surface area contributed by atoms with Gasteiger partial charge in [-0.15, -0.1) is 0 Å². The van der Waals surface area contributed by atoms with Gasteiger partial charge in [-0.2, -0.15) is 5.26 Å². The first kappa shape index (κ1) is 30.9. The largest absolute Gasteiger partial charge is 0.495 e. The van der Waals surface area contributed by atoms with E-state index in [1.165, 1.54) is 11.2 Å². The van der Waals surface area contributed by atoms with E-state index in [2.05, 4.69) is 43.0 Å². The first-order valence-electron chi connectivity index (χ1n) is 15.8. The zero-order valence-electron chi connectivity index (χ0n) is 26.1. The number of ether oxygens (including phenoxy) is 3. The standard InChI is InChI=1S/C34H36FN7O5/c1-45-31-13-21(2-4-28(31)41-10-8-40(9-11-41)24-18-46-19-24)27-14-25-33(37-20-38-34(25)39-27)22-3-5-29(23(12-22)15-36)47-30-6-7-42(16-26(30)35)32(44)17-43/h2-5,12-14,20,24,26,30,43H,6-11,16-19H2,1H3,(H,37,38,39). The van der Waals surface area contributed by atoms with Crippen LogP contribution in [0.1, 0.15) is 12.0 Å². The van der Waals surface area contributed by atoms with Crippen molar-refractivity contribution in [2.24, 2.45) is 0 Å². The van der Waals surface area contributed by atoms with Crippen LogP contribution >= 0.6 is 0 Å². The monoisotopic (exact) mass is 641 g/mol. The average Bonchev–Trinajstić information content (AvgIpc) is 3.53. The Morgan fingerprint density at radius 2 is 1.89 bits per heavy atom. The third kappa shape index (κ3) is 6.07. The number of nitrogens with one attached hydrogen (secondary N) is 1. The minimum atomic E-state index is -1.45. The van der Waals surface area contributed by atoms with Crippen LogP contribution in [0.25, 0.3) is 33.5 Å². The Bertz CT molecular complexity index is 1810. The molecule has 3 fully saturated rings. The van der Waals surface area contributed by atoms with Gasteiger partial charge in [0, 0.05) is 61.4 Å². The Hall–Kier alpha value is -4.77. The van der Waals surface area contributed by atoms with E-state index in [4.69, 9.17) is 19.3 Å². The van der Waals surface area contributed by atoms with Crippen molar-refractivity contribution in [2.45, 2.75) is 24.7 Å². The normalized spacial score (nSPS) is 20.6. The topological polar surface area (TPSA) is 140 Å². The van der Waals surface area contributed by atoms with Crippen LogP contribution in [-0.2, 0) is 9.53 Å². The predicted molar refractivity (Wildman–Crippen MR) is 172 cm³/mol. The smallest absolute Gasteiger partial charge is 0.248 e. The fourth-order valence-electron chi connectivity index (χ4n) is 6.57. The summed E-state index contributed by atoms with van der Waals surface area (Å²) in [6, 6.07) is 16.0. The maximum atomic E-state index is 14.9. The summed E-state index contributed by atoms with van der Waals surface area (Å²) in [4.78, 5) is 30.3. The number of anilines is 1. The van der Waals surface area contributed by atoms with Crippen molar-refractivity contribution in [1.29, 1.82) is 5.26 Å². The Balaban J connectivity index is 1.10. The number of carbonyl (C=O) groups is 1. The summed E-state index contributed by atoms with van der Waals surface area (Å²) in [5.41, 5.74) is 5.06. The fourth-order valence-corrected chi connectivity index (χ4v) is 6.57. The van der Waals surface area contributed by atoms with Crippen LogP contribution in [0.15, 0.2) is 48.8 Å². The van der Waals surface area contributed by atoms with E-state index in [9.17, 15) is 14.4 Å². The van der Waals surface area contributed by atoms with Gasteiger partial charge in [-0.1, -0.05) is 6.07 Å². The maximum Gasteiger partial charge on any atom is 0.248 e. The molecule has 47 heavy (non-hydrogen) atoms. The van der Waals surface area contributed by atoms with Gasteiger partial charge in [0.15, 0.2) is 6.17 Å². The molecular weight excluding hydrogens is 605 g/mol. The quantitative estimate of drug-likeness (QED) is 0.295. The van der Waals surface area contributed by atoms with Crippen molar-refractivity contribution in [1.82, 2.24) is 24.8 Å². The molecule has 2 aromatic heterocycles. The summed E-state index contributed by atoms with van der Waals surface area (Å²) in [5, 5.41) is 19.8. The number of piperazine rings is 1. The van der Waals surface area contributed by atoms with Gasteiger partial charge in [0.1, 0.15) is 42.3 Å². The van der Waals surface area contributed by atoms with Gasteiger partial charge < -0.3 is 34.1 Å². The average molecular weight is 642 g/mol. The second kappa shape index (κ2) is 13.2. The molecule has 0 aliphatic carbocycles. The van der Waals surface area contributed by atoms with Crippen molar-refractivity contribution in [3.8, 4) is 40.1 Å². The molecule has 0 saturated carbocycles. The summed E-state index contributed by atoms with van der Waals surface area (Å²) in [6.07, 6.45) is -0.542. The van der Waals surface area contributed by atoms with Crippen molar-refractivity contribution < 1.29 is 28.5 Å². The number of aromatic nitrogens is 3. The number of H-pyrrole nitrogens is 1. The number of methoxy groups -OCH3 is 1. The van der Waals surface area contributed by atoms with Crippen LogP contribution in [0.2, 0.25) is 0 Å². The fraction of sp³-hybridized carbons (Fsp3) is 0.412. The number of hydrogen-bond donors (Lipinski definition) is 2. The minimum Gasteiger partial charge on any atom is -0.495 e. The summed E-state index contributed by atoms with van der Waals surface area (Å²) >= 11 is 0. The lowest BCUT2D eigenvalue weighted by Gasteiger charge is -2.43. The van der Waals surface area contributed by atoms with Crippen LogP contribution in [0.4, 0.5) is 10.1 Å². The van der Waals surface area contributed by atoms with E-state index in [0.717, 1.165) is 67.5 Å². The number of benzene rings is 2. The molecule has 0 bridgehead atoms. The number of halogens is 1. The molecular formula is C34H36FN7O5. The summed E-state index contributed by atoms with van der Waals surface area (Å²) in [7, 11) is 1.69. The molecule has 3 aliphatic rings. The number of aliphatic hydroxyl groups is 1. The van der Waals surface area contributed by atoms with Crippen molar-refractivity contribution >= 4 is 22.6 Å². The Morgan fingerprint density at radius 3 is 2.60 bits per heavy atom. The highest BCUT2D eigenvalue weighted by molar-refractivity contribution is 5.94. The van der Waals surface area contributed by atoms with E-state index < -0.39 is 24.8 Å². The highest BCUT2D eigenvalue weighted by atomic mass is 19.1. The van der Waals surface area contributed by atoms with Crippen molar-refractivity contribution in [3.05, 3.63) is 54.4 Å². The lowest BCUT2D eigenvalue weighted by atomic mass is 10.0. The van der Waals surface area contributed by atoms with Crippen LogP contribution in [-0.4, -0.2) is 120 Å². The van der Waals surface area contributed by atoms with Crippen LogP contribution < -0.4 is 14.4 Å². The zero-order chi connectivity index (χ0) is 32.5. The molecule has 0 radical (unpaired) electrons. The number of aliphatic hydroxyl groups excluding tert-OH is 1. The van der Waals surface area contributed by atoms with Crippen LogP contribution in [0, 0.1) is 11.3 Å². The van der Waals surface area contributed by atoms with Gasteiger partial charge in [0.2, 0.25) is 5.91 Å². The van der Waals surface area contributed by atoms with Crippen molar-refractivity contribution in [2.75, 3.05) is 71.1 Å². The molecule has 0 spiro atoms. The first-order chi connectivity index (χ1) is 22.9. The molecule has 4 aromatic rings. The first-order valence-corrected chi connectivity index (χ1v) is 15.8. The number of hydrogen-bond acceptors (Lipinski definition) is 10. The second-order valence-corrected chi connectivity index (χ2v) is 12.1. The van der Waals surface area contributed by atoms with Gasteiger partial charge >= 0.3 is 0 Å². The summed E-state index contributed by atoms with van der Waals surface area (Å²) < 4.78 is 32.0. The van der Waals surface area contributed by atoms with E-state index >= 15 is 0 Å². The Kier molecular flexibility index (Phi) is 8.64. The molecule has 2 aromatic carbocycles. The number of nitriles is 1. The minimum absolute atomic E-state index is 0.166. The molecule has 2 atom stereocenters. The molecule has 3 saturated heterocycles. The number of piperidine rings is 1. The lowest BCUT2D eigenvalue weighted by Crippen LogP contribution is -2.56. The molecule has 2 N–H and O–H groups in total. The highest BCUT2D eigenvalue weighted by Crippen LogP contribution is 2.37. The molecule has 2 unspecified atom stereocenters. The number of amides is 1. The molecule has 13 heteroatoms. The number of rotatable bonds is 8. The molecule has 12 nitrogen and oxygen atoms in total. The van der Waals surface area contributed by atoms with Crippen LogP contribution in [0.5, 0.6) is 11.5 Å².